The molecule has 0 saturated heterocycles. The van der Waals surface area contributed by atoms with Crippen molar-refractivity contribution in [1.29, 1.82) is 0 Å². The van der Waals surface area contributed by atoms with E-state index in [1.165, 1.54) is 0 Å². The van der Waals surface area contributed by atoms with E-state index in [1.807, 2.05) is 24.3 Å². The van der Waals surface area contributed by atoms with Crippen LogP contribution in [0, 0.1) is 0 Å². The summed E-state index contributed by atoms with van der Waals surface area (Å²) < 4.78 is 0. The first-order valence-electron chi connectivity index (χ1n) is 3.49. The highest BCUT2D eigenvalue weighted by Gasteiger charge is 2.04. The van der Waals surface area contributed by atoms with Gasteiger partial charge in [0.25, 0.3) is 0 Å². The molecule has 3 heteroatoms. The fourth-order valence-electron chi connectivity index (χ4n) is 0.928. The zero-order chi connectivity index (χ0) is 8.27. The second-order valence-corrected chi connectivity index (χ2v) is 2.88. The van der Waals surface area contributed by atoms with Crippen molar-refractivity contribution in [1.82, 2.24) is 0 Å². The first kappa shape index (κ1) is 8.59. The summed E-state index contributed by atoms with van der Waals surface area (Å²) in [4.78, 5) is 0.908. The van der Waals surface area contributed by atoms with Crippen LogP contribution in [0.2, 0.25) is 0 Å². The predicted octanol–water partition coefficient (Wildman–Crippen LogP) is 0.934. The molecule has 4 N–H and O–H groups in total. The highest BCUT2D eigenvalue weighted by molar-refractivity contribution is 7.80. The normalized spacial score (nSPS) is 13.0. The molecule has 1 aromatic carbocycles. The standard InChI is InChI=1S/C8H12N2S/c9-5-7(10)6-3-1-2-4-8(6)11/h1-4,7,11H,5,9-10H2. The van der Waals surface area contributed by atoms with Crippen molar-refractivity contribution in [3.8, 4) is 0 Å². The van der Waals surface area contributed by atoms with Crippen LogP contribution in [0.1, 0.15) is 11.6 Å². The van der Waals surface area contributed by atoms with Crippen molar-refractivity contribution in [2.45, 2.75) is 10.9 Å². The van der Waals surface area contributed by atoms with Gasteiger partial charge in [-0.25, -0.2) is 0 Å². The molecule has 0 fully saturated rings. The molecule has 60 valence electrons. The van der Waals surface area contributed by atoms with E-state index in [9.17, 15) is 0 Å². The molecule has 0 aliphatic rings. The molecule has 0 amide bonds. The lowest BCUT2D eigenvalue weighted by molar-refractivity contribution is 0.723. The molecule has 0 aliphatic carbocycles. The van der Waals surface area contributed by atoms with Gasteiger partial charge < -0.3 is 11.5 Å². The molecule has 0 spiro atoms. The minimum atomic E-state index is -0.0938. The molecule has 2 nitrogen and oxygen atoms in total. The van der Waals surface area contributed by atoms with Gasteiger partial charge in [-0.05, 0) is 11.6 Å². The zero-order valence-electron chi connectivity index (χ0n) is 6.20. The first-order chi connectivity index (χ1) is 5.25. The average molecular weight is 168 g/mol. The maximum atomic E-state index is 5.72. The van der Waals surface area contributed by atoms with E-state index in [0.29, 0.717) is 6.54 Å². The van der Waals surface area contributed by atoms with E-state index < -0.39 is 0 Å². The van der Waals surface area contributed by atoms with Crippen molar-refractivity contribution in [3.63, 3.8) is 0 Å². The summed E-state index contributed by atoms with van der Waals surface area (Å²) in [6, 6.07) is 7.62. The van der Waals surface area contributed by atoms with Crippen LogP contribution in [0.25, 0.3) is 0 Å². The van der Waals surface area contributed by atoms with E-state index in [0.717, 1.165) is 10.5 Å². The molecule has 1 aromatic rings. The molecule has 0 radical (unpaired) electrons. The third kappa shape index (κ3) is 1.96. The van der Waals surface area contributed by atoms with Crippen LogP contribution in [-0.2, 0) is 0 Å². The van der Waals surface area contributed by atoms with E-state index in [-0.39, 0.29) is 6.04 Å². The largest absolute Gasteiger partial charge is 0.329 e. The lowest BCUT2D eigenvalue weighted by Crippen LogP contribution is -2.21. The summed E-state index contributed by atoms with van der Waals surface area (Å²) >= 11 is 4.26. The van der Waals surface area contributed by atoms with Gasteiger partial charge in [0.1, 0.15) is 0 Å². The van der Waals surface area contributed by atoms with Gasteiger partial charge >= 0.3 is 0 Å². The van der Waals surface area contributed by atoms with Crippen LogP contribution in [-0.4, -0.2) is 6.54 Å². The molecule has 0 aromatic heterocycles. The highest BCUT2D eigenvalue weighted by atomic mass is 32.1. The third-order valence-corrected chi connectivity index (χ3v) is 2.00. The number of rotatable bonds is 2. The molecule has 0 bridgehead atoms. The SMILES string of the molecule is NCC(N)c1ccccc1S. The fraction of sp³-hybridized carbons (Fsp3) is 0.250. The number of benzene rings is 1. The monoisotopic (exact) mass is 168 g/mol. The minimum absolute atomic E-state index is 0.0938. The number of nitrogens with two attached hydrogens (primary N) is 2. The molecule has 1 rings (SSSR count). The van der Waals surface area contributed by atoms with E-state index >= 15 is 0 Å². The van der Waals surface area contributed by atoms with Gasteiger partial charge in [-0.3, -0.25) is 0 Å². The van der Waals surface area contributed by atoms with Gasteiger partial charge in [0.05, 0.1) is 0 Å². The summed E-state index contributed by atoms with van der Waals surface area (Å²) in [7, 11) is 0. The van der Waals surface area contributed by atoms with Crippen molar-refractivity contribution in [2.24, 2.45) is 11.5 Å². The topological polar surface area (TPSA) is 52.0 Å². The number of thiol groups is 1. The van der Waals surface area contributed by atoms with Crippen LogP contribution in [0.3, 0.4) is 0 Å². The fourth-order valence-corrected chi connectivity index (χ4v) is 1.25. The maximum Gasteiger partial charge on any atom is 0.0430 e. The summed E-state index contributed by atoms with van der Waals surface area (Å²) in [5.74, 6) is 0. The van der Waals surface area contributed by atoms with Gasteiger partial charge in [0, 0.05) is 17.5 Å². The smallest absolute Gasteiger partial charge is 0.0430 e. The molecule has 0 aliphatic heterocycles. The molecule has 0 heterocycles. The Morgan fingerprint density at radius 3 is 2.55 bits per heavy atom. The average Bonchev–Trinajstić information content (AvgIpc) is 2.04. The molecule has 0 saturated carbocycles. The second kappa shape index (κ2) is 3.76. The van der Waals surface area contributed by atoms with Gasteiger partial charge in [0.15, 0.2) is 0 Å². The minimum Gasteiger partial charge on any atom is -0.329 e. The summed E-state index contributed by atoms with van der Waals surface area (Å²) in [6.07, 6.45) is 0. The molecular weight excluding hydrogens is 156 g/mol. The first-order valence-corrected chi connectivity index (χ1v) is 3.94. The van der Waals surface area contributed by atoms with Crippen LogP contribution < -0.4 is 11.5 Å². The molecule has 1 unspecified atom stereocenters. The molecule has 1 atom stereocenters. The number of hydrogen-bond donors (Lipinski definition) is 3. The van der Waals surface area contributed by atoms with Crippen LogP contribution >= 0.6 is 12.6 Å². The van der Waals surface area contributed by atoms with Crippen molar-refractivity contribution < 1.29 is 0 Å². The van der Waals surface area contributed by atoms with Crippen molar-refractivity contribution in [2.75, 3.05) is 6.54 Å². The Morgan fingerprint density at radius 2 is 2.00 bits per heavy atom. The third-order valence-electron chi connectivity index (χ3n) is 1.59. The Kier molecular flexibility index (Phi) is 2.93. The lowest BCUT2D eigenvalue weighted by Gasteiger charge is -2.10. The highest BCUT2D eigenvalue weighted by Crippen LogP contribution is 2.17. The Labute approximate surface area is 72.0 Å². The molecule has 11 heavy (non-hydrogen) atoms. The van der Waals surface area contributed by atoms with Crippen molar-refractivity contribution in [3.05, 3.63) is 29.8 Å². The quantitative estimate of drug-likeness (QED) is 0.575. The van der Waals surface area contributed by atoms with Gasteiger partial charge in [0.2, 0.25) is 0 Å². The molecular formula is C8H12N2S. The van der Waals surface area contributed by atoms with Gasteiger partial charge in [-0.1, -0.05) is 18.2 Å². The predicted molar refractivity (Wildman–Crippen MR) is 49.7 cm³/mol. The van der Waals surface area contributed by atoms with E-state index in [1.54, 1.807) is 0 Å². The Balaban J connectivity index is 2.93. The van der Waals surface area contributed by atoms with Gasteiger partial charge in [-0.2, -0.15) is 0 Å². The van der Waals surface area contributed by atoms with E-state index in [4.69, 9.17) is 11.5 Å². The van der Waals surface area contributed by atoms with Gasteiger partial charge in [-0.15, -0.1) is 12.6 Å². The summed E-state index contributed by atoms with van der Waals surface area (Å²) in [6.45, 7) is 0.456. The van der Waals surface area contributed by atoms with Crippen LogP contribution in [0.4, 0.5) is 0 Å². The summed E-state index contributed by atoms with van der Waals surface area (Å²) in [5, 5.41) is 0. The summed E-state index contributed by atoms with van der Waals surface area (Å²) in [5.41, 5.74) is 12.1. The van der Waals surface area contributed by atoms with Crippen LogP contribution in [0.5, 0.6) is 0 Å². The second-order valence-electron chi connectivity index (χ2n) is 2.40. The lowest BCUT2D eigenvalue weighted by atomic mass is 10.1. The van der Waals surface area contributed by atoms with Crippen LogP contribution in [0.15, 0.2) is 29.2 Å². The maximum absolute atomic E-state index is 5.72. The Morgan fingerprint density at radius 1 is 1.36 bits per heavy atom. The van der Waals surface area contributed by atoms with Crippen molar-refractivity contribution >= 4 is 12.6 Å². The van der Waals surface area contributed by atoms with E-state index in [2.05, 4.69) is 12.6 Å². The number of hydrogen-bond acceptors (Lipinski definition) is 3. The zero-order valence-corrected chi connectivity index (χ0v) is 7.09. The Hall–Kier alpha value is -0.510. The Bertz CT molecular complexity index is 237.